The van der Waals surface area contributed by atoms with Crippen LogP contribution in [0.3, 0.4) is 0 Å². The van der Waals surface area contributed by atoms with E-state index in [1.807, 2.05) is 6.07 Å². The van der Waals surface area contributed by atoms with Crippen molar-refractivity contribution < 1.29 is 4.79 Å². The van der Waals surface area contributed by atoms with Crippen molar-refractivity contribution in [1.29, 1.82) is 0 Å². The number of amides is 1. The van der Waals surface area contributed by atoms with Gasteiger partial charge in [-0.15, -0.1) is 0 Å². The van der Waals surface area contributed by atoms with Gasteiger partial charge in [0.25, 0.3) is 5.91 Å². The molecule has 0 bridgehead atoms. The van der Waals surface area contributed by atoms with Gasteiger partial charge in [-0.1, -0.05) is 36.5 Å². The monoisotopic (exact) mass is 325 g/mol. The first kappa shape index (κ1) is 14.1. The Morgan fingerprint density at radius 1 is 1.35 bits per heavy atom. The zero-order valence-corrected chi connectivity index (χ0v) is 13.6. The number of anilines is 2. The lowest BCUT2D eigenvalue weighted by Gasteiger charge is -2.18. The van der Waals surface area contributed by atoms with E-state index in [2.05, 4.69) is 50.3 Å². The molecule has 1 amide bonds. The number of rotatable bonds is 2. The highest BCUT2D eigenvalue weighted by molar-refractivity contribution is 7.19. The molecule has 1 N–H and O–H groups in total. The zero-order valence-electron chi connectivity index (χ0n) is 12.8. The molecule has 7 heteroatoms. The Morgan fingerprint density at radius 2 is 2.17 bits per heavy atom. The molecule has 1 aliphatic rings. The summed E-state index contributed by atoms with van der Waals surface area (Å²) in [7, 11) is 1.60. The van der Waals surface area contributed by atoms with E-state index >= 15 is 0 Å². The van der Waals surface area contributed by atoms with E-state index in [1.54, 1.807) is 7.05 Å². The van der Waals surface area contributed by atoms with Gasteiger partial charge in [0, 0.05) is 25.2 Å². The van der Waals surface area contributed by atoms with Crippen LogP contribution in [0.1, 0.15) is 28.2 Å². The summed E-state index contributed by atoms with van der Waals surface area (Å²) in [5.41, 5.74) is 3.13. The Morgan fingerprint density at radius 3 is 3.00 bits per heavy atom. The van der Waals surface area contributed by atoms with E-state index in [9.17, 15) is 4.79 Å². The maximum Gasteiger partial charge on any atom is 0.280 e. The molecule has 0 fully saturated rings. The van der Waals surface area contributed by atoms with E-state index in [4.69, 9.17) is 0 Å². The van der Waals surface area contributed by atoms with Crippen LogP contribution in [0.4, 0.5) is 11.5 Å². The number of carbonyl (C=O) groups is 1. The van der Waals surface area contributed by atoms with Crippen LogP contribution in [-0.4, -0.2) is 34.5 Å². The maximum atomic E-state index is 11.8. The molecule has 1 aliphatic heterocycles. The highest BCUT2D eigenvalue weighted by atomic mass is 32.1. The molecule has 3 aromatic rings. The SMILES string of the molecule is CNC(=O)c1nc2c(N3CC(C)c4ccccc43)ncnc2s1. The van der Waals surface area contributed by atoms with Crippen molar-refractivity contribution in [3.63, 3.8) is 0 Å². The Balaban J connectivity index is 1.87. The summed E-state index contributed by atoms with van der Waals surface area (Å²) in [6.45, 7) is 3.05. The van der Waals surface area contributed by atoms with Crippen LogP contribution in [0.25, 0.3) is 10.3 Å². The van der Waals surface area contributed by atoms with Gasteiger partial charge in [-0.2, -0.15) is 0 Å². The molecule has 0 saturated heterocycles. The summed E-state index contributed by atoms with van der Waals surface area (Å²) in [5.74, 6) is 0.987. The predicted octanol–water partition coefficient (Wildman–Crippen LogP) is 2.70. The van der Waals surface area contributed by atoms with Crippen molar-refractivity contribution >= 4 is 39.1 Å². The van der Waals surface area contributed by atoms with Gasteiger partial charge in [-0.25, -0.2) is 15.0 Å². The Bertz CT molecular complexity index is 906. The minimum Gasteiger partial charge on any atom is -0.353 e. The first-order valence-electron chi connectivity index (χ1n) is 7.39. The molecule has 23 heavy (non-hydrogen) atoms. The number of nitrogens with one attached hydrogen (secondary N) is 1. The number of para-hydroxylation sites is 1. The van der Waals surface area contributed by atoms with Crippen molar-refractivity contribution in [3.8, 4) is 0 Å². The van der Waals surface area contributed by atoms with Crippen LogP contribution >= 0.6 is 11.3 Å². The minimum atomic E-state index is -0.200. The Hall–Kier alpha value is -2.54. The van der Waals surface area contributed by atoms with Gasteiger partial charge in [0.1, 0.15) is 16.7 Å². The first-order chi connectivity index (χ1) is 11.2. The van der Waals surface area contributed by atoms with E-state index in [0.717, 1.165) is 22.9 Å². The second-order valence-corrected chi connectivity index (χ2v) is 6.50. The number of thiazole rings is 1. The largest absolute Gasteiger partial charge is 0.353 e. The molecule has 1 unspecified atom stereocenters. The Kier molecular flexibility index (Phi) is 3.23. The van der Waals surface area contributed by atoms with Gasteiger partial charge in [0.05, 0.1) is 0 Å². The normalized spacial score (nSPS) is 16.6. The van der Waals surface area contributed by atoms with Gasteiger partial charge in [0.2, 0.25) is 0 Å². The van der Waals surface area contributed by atoms with Crippen molar-refractivity contribution in [3.05, 3.63) is 41.2 Å². The average molecular weight is 325 g/mol. The first-order valence-corrected chi connectivity index (χ1v) is 8.20. The summed E-state index contributed by atoms with van der Waals surface area (Å²) in [4.78, 5) is 27.9. The zero-order chi connectivity index (χ0) is 16.0. The quantitative estimate of drug-likeness (QED) is 0.784. The molecule has 0 spiro atoms. The van der Waals surface area contributed by atoms with E-state index in [-0.39, 0.29) is 5.91 Å². The molecular weight excluding hydrogens is 310 g/mol. The van der Waals surface area contributed by atoms with Crippen LogP contribution in [0.15, 0.2) is 30.6 Å². The summed E-state index contributed by atoms with van der Waals surface area (Å²) >= 11 is 1.28. The molecule has 0 aliphatic carbocycles. The fourth-order valence-corrected chi connectivity index (χ4v) is 3.81. The highest BCUT2D eigenvalue weighted by Crippen LogP contribution is 2.41. The molecular formula is C16H15N5OS. The van der Waals surface area contributed by atoms with Crippen molar-refractivity contribution in [2.75, 3.05) is 18.5 Å². The topological polar surface area (TPSA) is 71.0 Å². The number of hydrogen-bond acceptors (Lipinski definition) is 6. The molecule has 3 heterocycles. The van der Waals surface area contributed by atoms with Crippen molar-refractivity contribution in [2.24, 2.45) is 0 Å². The Labute approximate surface area is 137 Å². The fourth-order valence-electron chi connectivity index (χ4n) is 2.97. The summed E-state index contributed by atoms with van der Waals surface area (Å²) in [6.07, 6.45) is 1.54. The number of aromatic nitrogens is 3. The number of hydrogen-bond donors (Lipinski definition) is 1. The van der Waals surface area contributed by atoms with E-state index < -0.39 is 0 Å². The standard InChI is InChI=1S/C16H15N5OS/c1-9-7-21(11-6-4-3-5-10(9)11)13-12-15(19-8-18-13)23-16(20-12)14(22)17-2/h3-6,8-9H,7H2,1-2H3,(H,17,22). The number of fused-ring (bicyclic) bond motifs is 2. The van der Waals surface area contributed by atoms with Crippen LogP contribution in [-0.2, 0) is 0 Å². The number of benzene rings is 1. The lowest BCUT2D eigenvalue weighted by Crippen LogP contribution is -2.18. The molecule has 2 aromatic heterocycles. The van der Waals surface area contributed by atoms with Gasteiger partial charge in [-0.3, -0.25) is 4.79 Å². The van der Waals surface area contributed by atoms with Crippen molar-refractivity contribution in [2.45, 2.75) is 12.8 Å². The van der Waals surface area contributed by atoms with Gasteiger partial charge in [-0.05, 0) is 11.6 Å². The summed E-state index contributed by atoms with van der Waals surface area (Å²) in [6, 6.07) is 8.33. The van der Waals surface area contributed by atoms with Crippen LogP contribution in [0.5, 0.6) is 0 Å². The van der Waals surface area contributed by atoms with Gasteiger partial charge < -0.3 is 10.2 Å². The van der Waals surface area contributed by atoms with Crippen LogP contribution in [0.2, 0.25) is 0 Å². The lowest BCUT2D eigenvalue weighted by atomic mass is 10.0. The number of nitrogens with zero attached hydrogens (tertiary/aromatic N) is 4. The van der Waals surface area contributed by atoms with Gasteiger partial charge in [0.15, 0.2) is 10.8 Å². The lowest BCUT2D eigenvalue weighted by molar-refractivity contribution is 0.0963. The maximum absolute atomic E-state index is 11.8. The third-order valence-corrected chi connectivity index (χ3v) is 5.03. The van der Waals surface area contributed by atoms with Gasteiger partial charge >= 0.3 is 0 Å². The molecule has 6 nitrogen and oxygen atoms in total. The minimum absolute atomic E-state index is 0.200. The second kappa shape index (κ2) is 5.27. The third kappa shape index (κ3) is 2.16. The van der Waals surface area contributed by atoms with Crippen LogP contribution in [0, 0.1) is 0 Å². The molecule has 4 rings (SSSR count). The molecule has 116 valence electrons. The molecule has 1 aromatic carbocycles. The van der Waals surface area contributed by atoms with E-state index in [1.165, 1.54) is 23.2 Å². The number of carbonyl (C=O) groups excluding carboxylic acids is 1. The third-order valence-electron chi connectivity index (χ3n) is 4.07. The summed E-state index contributed by atoms with van der Waals surface area (Å²) < 4.78 is 0. The van der Waals surface area contributed by atoms with E-state index in [0.29, 0.717) is 16.4 Å². The molecule has 0 saturated carbocycles. The van der Waals surface area contributed by atoms with Crippen LogP contribution < -0.4 is 10.2 Å². The predicted molar refractivity (Wildman–Crippen MR) is 90.5 cm³/mol. The summed E-state index contributed by atoms with van der Waals surface area (Å²) in [5, 5.41) is 3.01. The highest BCUT2D eigenvalue weighted by Gasteiger charge is 2.29. The second-order valence-electron chi connectivity index (χ2n) is 5.52. The van der Waals surface area contributed by atoms with Crippen molar-refractivity contribution in [1.82, 2.24) is 20.3 Å². The average Bonchev–Trinajstić information content (AvgIpc) is 3.16. The molecule has 1 atom stereocenters. The molecule has 0 radical (unpaired) electrons. The fraction of sp³-hybridized carbons (Fsp3) is 0.250. The smallest absolute Gasteiger partial charge is 0.280 e.